The largest absolute Gasteiger partial charge is 0.439 e. The summed E-state index contributed by atoms with van der Waals surface area (Å²) >= 11 is 5.98. The number of nitrogens with two attached hydrogens (primary N) is 1. The summed E-state index contributed by atoms with van der Waals surface area (Å²) in [6, 6.07) is 7.11. The van der Waals surface area contributed by atoms with E-state index in [0.29, 0.717) is 11.3 Å². The Bertz CT molecular complexity index is 600. The van der Waals surface area contributed by atoms with Crippen molar-refractivity contribution >= 4 is 29.2 Å². The highest BCUT2D eigenvalue weighted by molar-refractivity contribution is 6.28. The maximum Gasteiger partial charge on any atom is 0.304 e. The van der Waals surface area contributed by atoms with Crippen molar-refractivity contribution in [1.82, 2.24) is 0 Å². The molecule has 0 spiro atoms. The number of nitrogens with zero attached hydrogens (tertiary/aromatic N) is 1. The first kappa shape index (κ1) is 14.6. The van der Waals surface area contributed by atoms with Crippen LogP contribution < -0.4 is 10.2 Å². The first-order chi connectivity index (χ1) is 9.42. The van der Waals surface area contributed by atoms with Gasteiger partial charge in [0.15, 0.2) is 5.16 Å². The number of ether oxygens (including phenoxy) is 1. The second-order valence-electron chi connectivity index (χ2n) is 4.44. The van der Waals surface area contributed by atoms with Gasteiger partial charge in [0, 0.05) is 25.6 Å². The van der Waals surface area contributed by atoms with Gasteiger partial charge in [0.2, 0.25) is 5.60 Å². The average Bonchev–Trinajstić information content (AvgIpc) is 2.62. The Labute approximate surface area is 122 Å². The summed E-state index contributed by atoms with van der Waals surface area (Å²) in [5.41, 5.74) is -0.256. The van der Waals surface area contributed by atoms with Crippen molar-refractivity contribution in [2.45, 2.75) is 12.5 Å². The minimum Gasteiger partial charge on any atom is -0.439 e. The van der Waals surface area contributed by atoms with Gasteiger partial charge >= 0.3 is 5.97 Å². The van der Waals surface area contributed by atoms with Crippen LogP contribution in [0.15, 0.2) is 35.5 Å². The van der Waals surface area contributed by atoms with E-state index in [9.17, 15) is 9.59 Å². The van der Waals surface area contributed by atoms with Gasteiger partial charge in [-0.25, -0.2) is 0 Å². The maximum atomic E-state index is 12.6. The Morgan fingerprint density at radius 2 is 2.15 bits per heavy atom. The molecular formula is C14H15ClN2O3. The molecule has 0 radical (unpaired) electrons. The fraction of sp³-hybridized carbons (Fsp3) is 0.214. The number of rotatable bonds is 3. The first-order valence-corrected chi connectivity index (χ1v) is 6.38. The molecule has 2 rings (SSSR count). The summed E-state index contributed by atoms with van der Waals surface area (Å²) in [7, 11) is 5.17. The summed E-state index contributed by atoms with van der Waals surface area (Å²) < 4.78 is 5.34. The van der Waals surface area contributed by atoms with E-state index in [1.54, 1.807) is 25.2 Å². The third-order valence-corrected chi connectivity index (χ3v) is 3.39. The van der Waals surface area contributed by atoms with Crippen LogP contribution in [0, 0.1) is 7.05 Å². The number of carbonyl (C=O) groups is 2. The molecule has 2 N–H and O–H groups in total. The molecule has 1 aliphatic rings. The number of carbonyl (C=O) groups excluding carboxylic acids is 2. The van der Waals surface area contributed by atoms with Gasteiger partial charge in [-0.05, 0) is 17.7 Å². The Morgan fingerprint density at radius 1 is 1.50 bits per heavy atom. The molecule has 0 fully saturated rings. The van der Waals surface area contributed by atoms with Gasteiger partial charge in [0.1, 0.15) is 0 Å². The van der Waals surface area contributed by atoms with Crippen molar-refractivity contribution in [1.29, 1.82) is 0 Å². The normalized spacial score (nSPS) is 21.9. The quantitative estimate of drug-likeness (QED) is 0.511. The SMILES string of the molecule is [CH2-][NH2+]C(Cl)=CC1(OC(C)=O)C(=O)N(C)c2ccccc21. The third-order valence-electron chi connectivity index (χ3n) is 3.13. The van der Waals surface area contributed by atoms with Gasteiger partial charge in [0.05, 0.1) is 5.69 Å². The lowest BCUT2D eigenvalue weighted by Crippen LogP contribution is -2.73. The number of amides is 1. The predicted octanol–water partition coefficient (Wildman–Crippen LogP) is 0.857. The second-order valence-corrected chi connectivity index (χ2v) is 4.88. The zero-order valence-electron chi connectivity index (χ0n) is 11.2. The van der Waals surface area contributed by atoms with Crippen molar-refractivity contribution in [3.63, 3.8) is 0 Å². The fourth-order valence-electron chi connectivity index (χ4n) is 2.30. The Hall–Kier alpha value is -1.85. The highest BCUT2D eigenvalue weighted by atomic mass is 35.5. The van der Waals surface area contributed by atoms with Crippen LogP contribution in [-0.4, -0.2) is 18.9 Å². The number of para-hydroxylation sites is 1. The van der Waals surface area contributed by atoms with E-state index in [-0.39, 0.29) is 11.1 Å². The monoisotopic (exact) mass is 294 g/mol. The lowest BCUT2D eigenvalue weighted by atomic mass is 9.95. The molecule has 5 nitrogen and oxygen atoms in total. The van der Waals surface area contributed by atoms with Crippen LogP contribution in [0.1, 0.15) is 12.5 Å². The van der Waals surface area contributed by atoms with Crippen LogP contribution in [0.25, 0.3) is 0 Å². The number of esters is 1. The zero-order valence-corrected chi connectivity index (χ0v) is 12.0. The molecule has 106 valence electrons. The first-order valence-electron chi connectivity index (χ1n) is 6.00. The van der Waals surface area contributed by atoms with Gasteiger partial charge in [-0.3, -0.25) is 9.59 Å². The Balaban J connectivity index is 2.68. The second kappa shape index (κ2) is 5.26. The van der Waals surface area contributed by atoms with Gasteiger partial charge < -0.3 is 15.0 Å². The number of halogens is 1. The molecule has 1 amide bonds. The van der Waals surface area contributed by atoms with Gasteiger partial charge in [-0.2, -0.15) is 0 Å². The third kappa shape index (κ3) is 2.19. The van der Waals surface area contributed by atoms with Gasteiger partial charge in [-0.1, -0.05) is 18.2 Å². The van der Waals surface area contributed by atoms with Crippen LogP contribution in [0.4, 0.5) is 5.69 Å². The lowest BCUT2D eigenvalue weighted by molar-refractivity contribution is -0.532. The van der Waals surface area contributed by atoms with Crippen LogP contribution in [-0.2, 0) is 19.9 Å². The number of fused-ring (bicyclic) bond motifs is 1. The van der Waals surface area contributed by atoms with E-state index >= 15 is 0 Å². The van der Waals surface area contributed by atoms with E-state index in [1.165, 1.54) is 23.2 Å². The van der Waals surface area contributed by atoms with Crippen molar-refractivity contribution < 1.29 is 19.6 Å². The molecule has 1 atom stereocenters. The molecule has 1 aromatic rings. The Morgan fingerprint density at radius 3 is 2.75 bits per heavy atom. The van der Waals surface area contributed by atoms with E-state index in [2.05, 4.69) is 7.05 Å². The fourth-order valence-corrected chi connectivity index (χ4v) is 2.45. The molecule has 1 aliphatic heterocycles. The number of benzene rings is 1. The molecule has 0 bridgehead atoms. The molecular weight excluding hydrogens is 280 g/mol. The smallest absolute Gasteiger partial charge is 0.304 e. The number of anilines is 1. The van der Waals surface area contributed by atoms with Gasteiger partial charge in [0.25, 0.3) is 5.91 Å². The summed E-state index contributed by atoms with van der Waals surface area (Å²) in [5.74, 6) is -0.929. The van der Waals surface area contributed by atoms with E-state index in [0.717, 1.165) is 0 Å². The number of hydrogen-bond acceptors (Lipinski definition) is 3. The number of quaternary nitrogens is 1. The number of hydrogen-bond donors (Lipinski definition) is 1. The highest BCUT2D eigenvalue weighted by Gasteiger charge is 2.52. The van der Waals surface area contributed by atoms with Crippen molar-refractivity contribution in [2.75, 3.05) is 11.9 Å². The van der Waals surface area contributed by atoms with Crippen molar-refractivity contribution in [3.8, 4) is 0 Å². The van der Waals surface area contributed by atoms with Crippen molar-refractivity contribution in [2.24, 2.45) is 0 Å². The minimum atomic E-state index is -1.53. The summed E-state index contributed by atoms with van der Waals surface area (Å²) in [4.78, 5) is 25.5. The Kier molecular flexibility index (Phi) is 3.83. The van der Waals surface area contributed by atoms with Crippen LogP contribution in [0.5, 0.6) is 0 Å². The molecule has 1 unspecified atom stereocenters. The highest BCUT2D eigenvalue weighted by Crippen LogP contribution is 2.43. The van der Waals surface area contributed by atoms with E-state index in [1.807, 2.05) is 6.07 Å². The zero-order chi connectivity index (χ0) is 14.9. The topological polar surface area (TPSA) is 63.2 Å². The molecule has 0 aliphatic carbocycles. The minimum absolute atomic E-state index is 0.240. The number of likely N-dealkylation sites (N-methyl/N-ethyl adjacent to an activating group) is 1. The molecule has 20 heavy (non-hydrogen) atoms. The standard InChI is InChI=1S/C14H15ClN2O3/c1-9(18)20-14(8-12(15)16-2)10-6-4-5-7-11(10)17(3)13(14)19/h4-8H,2,16H2,1,3H3. The maximum absolute atomic E-state index is 12.6. The molecule has 0 aromatic heterocycles. The molecule has 0 saturated carbocycles. The predicted molar refractivity (Wildman–Crippen MR) is 74.5 cm³/mol. The summed E-state index contributed by atoms with van der Waals surface area (Å²) in [5, 5.41) is 1.63. The van der Waals surface area contributed by atoms with Crippen LogP contribution in [0.2, 0.25) is 0 Å². The lowest BCUT2D eigenvalue weighted by Gasteiger charge is -2.24. The van der Waals surface area contributed by atoms with Crippen molar-refractivity contribution in [3.05, 3.63) is 48.1 Å². The van der Waals surface area contributed by atoms with E-state index < -0.39 is 11.6 Å². The van der Waals surface area contributed by atoms with Crippen LogP contribution >= 0.6 is 11.6 Å². The van der Waals surface area contributed by atoms with Crippen LogP contribution in [0.3, 0.4) is 0 Å². The molecule has 0 saturated heterocycles. The summed E-state index contributed by atoms with van der Waals surface area (Å²) in [6.07, 6.45) is 1.41. The molecule has 6 heteroatoms. The molecule has 1 heterocycles. The summed E-state index contributed by atoms with van der Waals surface area (Å²) in [6.45, 7) is 1.26. The average molecular weight is 295 g/mol. The van der Waals surface area contributed by atoms with Gasteiger partial charge in [-0.15, -0.1) is 7.05 Å². The molecule has 1 aromatic carbocycles. The van der Waals surface area contributed by atoms with E-state index in [4.69, 9.17) is 16.3 Å².